The molecule has 2 heterocycles. The molecule has 0 saturated heterocycles. The van der Waals surface area contributed by atoms with Gasteiger partial charge in [0.25, 0.3) is 10.0 Å². The van der Waals surface area contributed by atoms with Gasteiger partial charge in [0.1, 0.15) is 4.21 Å². The Hall–Kier alpha value is -1.83. The third-order valence-electron chi connectivity index (χ3n) is 3.60. The Morgan fingerprint density at radius 1 is 1.25 bits per heavy atom. The van der Waals surface area contributed by atoms with Crippen LogP contribution in [0.4, 0.5) is 5.69 Å². The standard InChI is InChI=1S/C16H16ClN3O2S2/c1-11-16(19-24(21,22)15-7-4-8-23-15)12(2)20(18-11)10-13-5-3-6-14(17)9-13/h3-9,19H,10H2,1-2H3. The number of hydrogen-bond donors (Lipinski definition) is 1. The highest BCUT2D eigenvalue weighted by Crippen LogP contribution is 2.26. The number of benzene rings is 1. The Morgan fingerprint density at radius 2 is 2.04 bits per heavy atom. The van der Waals surface area contributed by atoms with Gasteiger partial charge in [-0.25, -0.2) is 8.42 Å². The third kappa shape index (κ3) is 3.48. The Balaban J connectivity index is 1.90. The second-order valence-corrected chi connectivity index (χ2v) is 8.66. The maximum absolute atomic E-state index is 12.4. The highest BCUT2D eigenvalue weighted by atomic mass is 35.5. The van der Waals surface area contributed by atoms with Crippen molar-refractivity contribution < 1.29 is 8.42 Å². The van der Waals surface area contributed by atoms with Crippen LogP contribution in [0.15, 0.2) is 46.0 Å². The summed E-state index contributed by atoms with van der Waals surface area (Å²) < 4.78 is 29.5. The van der Waals surface area contributed by atoms with Crippen molar-refractivity contribution in [1.29, 1.82) is 0 Å². The Kier molecular flexibility index (Phi) is 4.67. The molecule has 0 amide bonds. The molecule has 0 fully saturated rings. The molecule has 0 spiro atoms. The van der Waals surface area contributed by atoms with Crippen molar-refractivity contribution in [3.63, 3.8) is 0 Å². The molecular formula is C16H16ClN3O2S2. The van der Waals surface area contributed by atoms with E-state index in [-0.39, 0.29) is 4.21 Å². The van der Waals surface area contributed by atoms with Crippen LogP contribution in [-0.2, 0) is 16.6 Å². The quantitative estimate of drug-likeness (QED) is 0.724. The van der Waals surface area contributed by atoms with E-state index in [1.807, 2.05) is 31.2 Å². The van der Waals surface area contributed by atoms with Crippen molar-refractivity contribution in [3.8, 4) is 0 Å². The fourth-order valence-corrected chi connectivity index (χ4v) is 4.79. The van der Waals surface area contributed by atoms with E-state index in [4.69, 9.17) is 11.6 Å². The average molecular weight is 382 g/mol. The smallest absolute Gasteiger partial charge is 0.271 e. The summed E-state index contributed by atoms with van der Waals surface area (Å²) in [5.74, 6) is 0. The maximum Gasteiger partial charge on any atom is 0.271 e. The molecule has 0 bridgehead atoms. The lowest BCUT2D eigenvalue weighted by molar-refractivity contribution is 0.603. The Morgan fingerprint density at radius 3 is 2.71 bits per heavy atom. The van der Waals surface area contributed by atoms with E-state index in [1.54, 1.807) is 29.1 Å². The zero-order valence-corrected chi connectivity index (χ0v) is 15.5. The van der Waals surface area contributed by atoms with Crippen LogP contribution in [0, 0.1) is 13.8 Å². The van der Waals surface area contributed by atoms with Crippen LogP contribution >= 0.6 is 22.9 Å². The molecule has 24 heavy (non-hydrogen) atoms. The first-order valence-electron chi connectivity index (χ1n) is 7.21. The lowest BCUT2D eigenvalue weighted by Gasteiger charge is -2.08. The molecule has 1 aromatic carbocycles. The Bertz CT molecular complexity index is 963. The first-order chi connectivity index (χ1) is 11.4. The molecule has 0 saturated carbocycles. The molecular weight excluding hydrogens is 366 g/mol. The number of nitrogens with one attached hydrogen (secondary N) is 1. The first kappa shape index (κ1) is 17.0. The van der Waals surface area contributed by atoms with Gasteiger partial charge in [0, 0.05) is 5.02 Å². The van der Waals surface area contributed by atoms with Crippen molar-refractivity contribution in [2.75, 3.05) is 4.72 Å². The lowest BCUT2D eigenvalue weighted by Crippen LogP contribution is -2.13. The Labute approximate surface area is 150 Å². The fraction of sp³-hybridized carbons (Fsp3) is 0.188. The number of thiophene rings is 1. The number of hydrogen-bond acceptors (Lipinski definition) is 4. The van der Waals surface area contributed by atoms with Crippen molar-refractivity contribution in [3.05, 3.63) is 63.8 Å². The molecule has 0 aliphatic carbocycles. The number of rotatable bonds is 5. The molecule has 0 aliphatic heterocycles. The minimum Gasteiger partial charge on any atom is -0.275 e. The van der Waals surface area contributed by atoms with Gasteiger partial charge in [0.2, 0.25) is 0 Å². The van der Waals surface area contributed by atoms with Crippen LogP contribution in [0.25, 0.3) is 0 Å². The molecule has 2 aromatic heterocycles. The molecule has 1 N–H and O–H groups in total. The van der Waals surface area contributed by atoms with Crippen LogP contribution in [0.5, 0.6) is 0 Å². The summed E-state index contributed by atoms with van der Waals surface area (Å²) in [4.78, 5) is 0. The first-order valence-corrected chi connectivity index (χ1v) is 9.95. The van der Waals surface area contributed by atoms with Crippen LogP contribution < -0.4 is 4.72 Å². The molecule has 0 aliphatic rings. The summed E-state index contributed by atoms with van der Waals surface area (Å²) >= 11 is 7.19. The largest absolute Gasteiger partial charge is 0.275 e. The van der Waals surface area contributed by atoms with E-state index in [0.29, 0.717) is 22.9 Å². The molecule has 3 aromatic rings. The normalized spacial score (nSPS) is 11.6. The van der Waals surface area contributed by atoms with Crippen LogP contribution in [0.2, 0.25) is 5.02 Å². The number of halogens is 1. The van der Waals surface area contributed by atoms with Crippen LogP contribution in [0.3, 0.4) is 0 Å². The molecule has 0 unspecified atom stereocenters. The number of sulfonamides is 1. The van der Waals surface area contributed by atoms with Gasteiger partial charge in [-0.1, -0.05) is 29.8 Å². The topological polar surface area (TPSA) is 64.0 Å². The highest BCUT2D eigenvalue weighted by molar-refractivity contribution is 7.94. The van der Waals surface area contributed by atoms with E-state index in [2.05, 4.69) is 9.82 Å². The second-order valence-electron chi connectivity index (χ2n) is 5.37. The van der Waals surface area contributed by atoms with Gasteiger partial charge in [-0.15, -0.1) is 11.3 Å². The van der Waals surface area contributed by atoms with E-state index < -0.39 is 10.0 Å². The number of aromatic nitrogens is 2. The summed E-state index contributed by atoms with van der Waals surface area (Å²) in [6.45, 7) is 4.15. The van der Waals surface area contributed by atoms with E-state index in [0.717, 1.165) is 11.3 Å². The monoisotopic (exact) mass is 381 g/mol. The van der Waals surface area contributed by atoms with E-state index >= 15 is 0 Å². The van der Waals surface area contributed by atoms with Gasteiger partial charge in [0.05, 0.1) is 23.6 Å². The predicted molar refractivity (Wildman–Crippen MR) is 97.4 cm³/mol. The summed E-state index contributed by atoms with van der Waals surface area (Å²) in [7, 11) is -3.59. The van der Waals surface area contributed by atoms with Gasteiger partial charge in [-0.05, 0) is 43.0 Å². The van der Waals surface area contributed by atoms with Crippen molar-refractivity contribution in [1.82, 2.24) is 9.78 Å². The molecule has 0 radical (unpaired) electrons. The zero-order chi connectivity index (χ0) is 17.3. The predicted octanol–water partition coefficient (Wildman–Crippen LogP) is 4.06. The maximum atomic E-state index is 12.4. The SMILES string of the molecule is Cc1nn(Cc2cccc(Cl)c2)c(C)c1NS(=O)(=O)c1cccs1. The van der Waals surface area contributed by atoms with Gasteiger partial charge < -0.3 is 0 Å². The van der Waals surface area contributed by atoms with Gasteiger partial charge >= 0.3 is 0 Å². The summed E-state index contributed by atoms with van der Waals surface area (Å²) in [6, 6.07) is 10.8. The molecule has 3 rings (SSSR count). The molecule has 5 nitrogen and oxygen atoms in total. The van der Waals surface area contributed by atoms with Crippen LogP contribution in [0.1, 0.15) is 17.0 Å². The average Bonchev–Trinajstić information content (AvgIpc) is 3.13. The molecule has 0 atom stereocenters. The van der Waals surface area contributed by atoms with Gasteiger partial charge in [-0.2, -0.15) is 5.10 Å². The number of nitrogens with zero attached hydrogens (tertiary/aromatic N) is 2. The summed E-state index contributed by atoms with van der Waals surface area (Å²) in [6.07, 6.45) is 0. The van der Waals surface area contributed by atoms with E-state index in [9.17, 15) is 8.42 Å². The zero-order valence-electron chi connectivity index (χ0n) is 13.2. The second kappa shape index (κ2) is 6.58. The highest BCUT2D eigenvalue weighted by Gasteiger charge is 2.20. The molecule has 126 valence electrons. The van der Waals surface area contributed by atoms with Gasteiger partial charge in [-0.3, -0.25) is 9.40 Å². The van der Waals surface area contributed by atoms with Crippen molar-refractivity contribution in [2.45, 2.75) is 24.6 Å². The van der Waals surface area contributed by atoms with Crippen LogP contribution in [-0.4, -0.2) is 18.2 Å². The number of anilines is 1. The summed E-state index contributed by atoms with van der Waals surface area (Å²) in [5.41, 5.74) is 2.91. The minimum absolute atomic E-state index is 0.281. The van der Waals surface area contributed by atoms with Crippen molar-refractivity contribution >= 4 is 38.6 Å². The molecule has 8 heteroatoms. The van der Waals surface area contributed by atoms with Crippen molar-refractivity contribution in [2.24, 2.45) is 0 Å². The minimum atomic E-state index is -3.59. The number of aryl methyl sites for hydroxylation is 1. The third-order valence-corrected chi connectivity index (χ3v) is 6.58. The lowest BCUT2D eigenvalue weighted by atomic mass is 10.2. The fourth-order valence-electron chi connectivity index (χ4n) is 2.41. The summed E-state index contributed by atoms with van der Waals surface area (Å²) in [5, 5.41) is 6.84. The van der Waals surface area contributed by atoms with Gasteiger partial charge in [0.15, 0.2) is 0 Å². The van der Waals surface area contributed by atoms with E-state index in [1.165, 1.54) is 11.3 Å².